The predicted molar refractivity (Wildman–Crippen MR) is 116 cm³/mol. The van der Waals surface area contributed by atoms with E-state index in [1.807, 2.05) is 41.1 Å². The van der Waals surface area contributed by atoms with E-state index in [4.69, 9.17) is 26.2 Å². The Hall–Kier alpha value is -2.18. The molecule has 0 fully saturated rings. The number of aromatic nitrogens is 2. The number of rotatable bonds is 4. The summed E-state index contributed by atoms with van der Waals surface area (Å²) in [5.41, 5.74) is 3.85. The van der Waals surface area contributed by atoms with Crippen LogP contribution in [0.1, 0.15) is 18.4 Å². The molecule has 28 heavy (non-hydrogen) atoms. The Bertz CT molecular complexity index is 941. The zero-order valence-corrected chi connectivity index (χ0v) is 18.1. The molecule has 1 N–H and O–H groups in total. The highest BCUT2D eigenvalue weighted by atomic mass is 79.9. The second-order valence-corrected chi connectivity index (χ2v) is 7.98. The molecular formula is C21H21BrClN3O2. The highest BCUT2D eigenvalue weighted by Gasteiger charge is 2.25. The molecule has 2 heterocycles. The summed E-state index contributed by atoms with van der Waals surface area (Å²) in [7, 11) is 3.33. The van der Waals surface area contributed by atoms with E-state index in [2.05, 4.69) is 21.2 Å². The molecule has 0 bridgehead atoms. The van der Waals surface area contributed by atoms with E-state index in [9.17, 15) is 0 Å². The van der Waals surface area contributed by atoms with Gasteiger partial charge in [-0.1, -0.05) is 27.5 Å². The minimum atomic E-state index is 0.634. The third kappa shape index (κ3) is 3.47. The zero-order chi connectivity index (χ0) is 19.7. The van der Waals surface area contributed by atoms with Gasteiger partial charge >= 0.3 is 0 Å². The zero-order valence-electron chi connectivity index (χ0n) is 15.8. The molecule has 3 aromatic rings. The summed E-state index contributed by atoms with van der Waals surface area (Å²) in [6.45, 7) is 0.899. The number of halogens is 2. The van der Waals surface area contributed by atoms with Crippen molar-refractivity contribution in [1.29, 1.82) is 0 Å². The van der Waals surface area contributed by atoms with Crippen LogP contribution in [0.5, 0.6) is 11.5 Å². The minimum absolute atomic E-state index is 0.634. The van der Waals surface area contributed by atoms with Crippen LogP contribution < -0.4 is 14.8 Å². The van der Waals surface area contributed by atoms with Crippen LogP contribution in [-0.4, -0.2) is 30.5 Å². The van der Waals surface area contributed by atoms with Crippen LogP contribution in [0.25, 0.3) is 16.9 Å². The first kappa shape index (κ1) is 19.2. The molecule has 1 aliphatic rings. The van der Waals surface area contributed by atoms with Gasteiger partial charge in [0.25, 0.3) is 0 Å². The molecule has 0 saturated carbocycles. The first-order chi connectivity index (χ1) is 13.6. The molecule has 0 radical (unpaired) electrons. The molecule has 0 unspecified atom stereocenters. The van der Waals surface area contributed by atoms with Crippen LogP contribution in [0.15, 0.2) is 40.9 Å². The number of nitrogens with one attached hydrogen (secondary N) is 1. The Balaban J connectivity index is 1.98. The number of nitrogens with zero attached hydrogens (tertiary/aromatic N) is 2. The lowest BCUT2D eigenvalue weighted by molar-refractivity contribution is 0.412. The van der Waals surface area contributed by atoms with E-state index in [0.29, 0.717) is 10.8 Å². The van der Waals surface area contributed by atoms with Crippen LogP contribution in [0, 0.1) is 0 Å². The summed E-state index contributed by atoms with van der Waals surface area (Å²) in [6, 6.07) is 11.5. The fraction of sp³-hybridized carbons (Fsp3) is 0.286. The van der Waals surface area contributed by atoms with E-state index in [1.165, 1.54) is 5.56 Å². The van der Waals surface area contributed by atoms with Crippen LogP contribution >= 0.6 is 27.5 Å². The second-order valence-electron chi connectivity index (χ2n) is 6.63. The van der Waals surface area contributed by atoms with Crippen molar-refractivity contribution in [2.24, 2.45) is 0 Å². The van der Waals surface area contributed by atoms with Gasteiger partial charge in [-0.05, 0) is 55.7 Å². The van der Waals surface area contributed by atoms with Crippen molar-refractivity contribution < 1.29 is 9.47 Å². The Kier molecular flexibility index (Phi) is 5.51. The average Bonchev–Trinajstić information content (AvgIpc) is 2.88. The number of fused-ring (bicyclic) bond motifs is 1. The first-order valence-electron chi connectivity index (χ1n) is 9.16. The molecular weight excluding hydrogens is 442 g/mol. The molecule has 0 atom stereocenters. The molecule has 0 aliphatic carbocycles. The Morgan fingerprint density at radius 2 is 1.86 bits per heavy atom. The number of anilines is 1. The van der Waals surface area contributed by atoms with Gasteiger partial charge in [0.2, 0.25) is 0 Å². The molecule has 5 nitrogen and oxygen atoms in total. The summed E-state index contributed by atoms with van der Waals surface area (Å²) < 4.78 is 14.1. The van der Waals surface area contributed by atoms with Gasteiger partial charge in [0.1, 0.15) is 28.7 Å². The van der Waals surface area contributed by atoms with Gasteiger partial charge in [-0.25, -0.2) is 4.68 Å². The van der Waals surface area contributed by atoms with E-state index >= 15 is 0 Å². The minimum Gasteiger partial charge on any atom is -0.496 e. The lowest BCUT2D eigenvalue weighted by Gasteiger charge is -2.13. The summed E-state index contributed by atoms with van der Waals surface area (Å²) >= 11 is 9.86. The summed E-state index contributed by atoms with van der Waals surface area (Å²) in [4.78, 5) is 0. The Morgan fingerprint density at radius 3 is 2.64 bits per heavy atom. The maximum Gasteiger partial charge on any atom is 0.144 e. The largest absolute Gasteiger partial charge is 0.496 e. The van der Waals surface area contributed by atoms with E-state index in [-0.39, 0.29) is 0 Å². The monoisotopic (exact) mass is 461 g/mol. The lowest BCUT2D eigenvalue weighted by atomic mass is 10.0. The number of hydrogen-bond acceptors (Lipinski definition) is 4. The third-order valence-corrected chi connectivity index (χ3v) is 5.64. The summed E-state index contributed by atoms with van der Waals surface area (Å²) in [5, 5.41) is 9.18. The highest BCUT2D eigenvalue weighted by molar-refractivity contribution is 9.10. The normalized spacial score (nSPS) is 13.4. The second kappa shape index (κ2) is 8.05. The first-order valence-corrected chi connectivity index (χ1v) is 10.3. The van der Waals surface area contributed by atoms with Crippen molar-refractivity contribution in [2.75, 3.05) is 26.1 Å². The molecule has 2 aromatic carbocycles. The van der Waals surface area contributed by atoms with Gasteiger partial charge in [0, 0.05) is 27.2 Å². The van der Waals surface area contributed by atoms with Crippen LogP contribution in [0.3, 0.4) is 0 Å². The van der Waals surface area contributed by atoms with Crippen LogP contribution in [-0.2, 0) is 6.42 Å². The maximum atomic E-state index is 6.29. The Morgan fingerprint density at radius 1 is 1.07 bits per heavy atom. The third-order valence-electron chi connectivity index (χ3n) is 4.92. The van der Waals surface area contributed by atoms with Crippen molar-refractivity contribution in [1.82, 2.24) is 9.78 Å². The van der Waals surface area contributed by atoms with Gasteiger partial charge in [0.15, 0.2) is 0 Å². The molecule has 7 heteroatoms. The quantitative estimate of drug-likeness (QED) is 0.539. The molecule has 0 saturated heterocycles. The Labute approximate surface area is 177 Å². The van der Waals surface area contributed by atoms with E-state index in [1.54, 1.807) is 14.2 Å². The van der Waals surface area contributed by atoms with Crippen molar-refractivity contribution in [3.63, 3.8) is 0 Å². The molecule has 1 aromatic heterocycles. The highest BCUT2D eigenvalue weighted by Crippen LogP contribution is 2.40. The van der Waals surface area contributed by atoms with Crippen molar-refractivity contribution in [3.8, 4) is 28.4 Å². The predicted octanol–water partition coefficient (Wildman–Crippen LogP) is 5.72. The molecule has 0 amide bonds. The number of hydrogen-bond donors (Lipinski definition) is 1. The topological polar surface area (TPSA) is 48.3 Å². The van der Waals surface area contributed by atoms with Crippen molar-refractivity contribution >= 4 is 33.3 Å². The number of benzene rings is 2. The van der Waals surface area contributed by atoms with Gasteiger partial charge in [-0.15, -0.1) is 0 Å². The van der Waals surface area contributed by atoms with E-state index < -0.39 is 0 Å². The lowest BCUT2D eigenvalue weighted by Crippen LogP contribution is -2.08. The smallest absolute Gasteiger partial charge is 0.144 e. The van der Waals surface area contributed by atoms with E-state index in [0.717, 1.165) is 58.8 Å². The van der Waals surface area contributed by atoms with Crippen molar-refractivity contribution in [2.45, 2.75) is 19.3 Å². The standard InChI is InChI=1S/C21H21BrClN3O2/c1-27-18-8-6-13(22)11-16(18)20-15-5-3-4-10-24-21(15)26(25-20)17-12-14(23)7-9-19(17)28-2/h6-9,11-12,24H,3-5,10H2,1-2H3. The summed E-state index contributed by atoms with van der Waals surface area (Å²) in [5.74, 6) is 2.49. The molecule has 146 valence electrons. The summed E-state index contributed by atoms with van der Waals surface area (Å²) in [6.07, 6.45) is 3.15. The SMILES string of the molecule is COc1ccc(Br)cc1-c1nn(-c2cc(Cl)ccc2OC)c2c1CCCCN2. The van der Waals surface area contributed by atoms with Gasteiger partial charge in [-0.2, -0.15) is 5.10 Å². The fourth-order valence-electron chi connectivity index (χ4n) is 3.59. The van der Waals surface area contributed by atoms with Gasteiger partial charge in [-0.3, -0.25) is 0 Å². The average molecular weight is 463 g/mol. The fourth-order valence-corrected chi connectivity index (χ4v) is 4.11. The van der Waals surface area contributed by atoms with Gasteiger partial charge < -0.3 is 14.8 Å². The molecule has 0 spiro atoms. The number of methoxy groups -OCH3 is 2. The molecule has 1 aliphatic heterocycles. The number of ether oxygens (including phenoxy) is 2. The molecule has 4 rings (SSSR count). The van der Waals surface area contributed by atoms with Crippen molar-refractivity contribution in [3.05, 3.63) is 51.5 Å². The van der Waals surface area contributed by atoms with Crippen LogP contribution in [0.4, 0.5) is 5.82 Å². The van der Waals surface area contributed by atoms with Gasteiger partial charge in [0.05, 0.1) is 14.2 Å². The maximum absolute atomic E-state index is 6.29. The van der Waals surface area contributed by atoms with Crippen LogP contribution in [0.2, 0.25) is 5.02 Å².